The molecule has 1 aromatic heterocycles. The second-order valence-corrected chi connectivity index (χ2v) is 5.98. The van der Waals surface area contributed by atoms with E-state index in [1.165, 1.54) is 0 Å². The van der Waals surface area contributed by atoms with E-state index in [2.05, 4.69) is 16.4 Å². The van der Waals surface area contributed by atoms with Crippen LogP contribution in [0.5, 0.6) is 0 Å². The summed E-state index contributed by atoms with van der Waals surface area (Å²) in [6.07, 6.45) is 0. The maximum atomic E-state index is 12.4. The Morgan fingerprint density at radius 3 is 2.70 bits per heavy atom. The van der Waals surface area contributed by atoms with Crippen LogP contribution in [0.2, 0.25) is 0 Å². The molecule has 0 saturated carbocycles. The van der Waals surface area contributed by atoms with E-state index in [0.717, 1.165) is 22.0 Å². The van der Waals surface area contributed by atoms with Gasteiger partial charge in [-0.25, -0.2) is 0 Å². The monoisotopic (exact) mass is 333 g/mol. The number of rotatable bonds is 5. The minimum Gasteiger partial charge on any atom is -0.395 e. The summed E-state index contributed by atoms with van der Waals surface area (Å²) in [5.41, 5.74) is 3.56. The van der Waals surface area contributed by atoms with Gasteiger partial charge in [0.05, 0.1) is 18.7 Å². The molecule has 2 aromatic rings. The van der Waals surface area contributed by atoms with Crippen molar-refractivity contribution in [3.8, 4) is 0 Å². The Kier molecular flexibility index (Phi) is 5.74. The highest BCUT2D eigenvalue weighted by Crippen LogP contribution is 2.20. The fourth-order valence-electron chi connectivity index (χ4n) is 2.58. The number of thiocarbonyl (C=S) groups is 1. The zero-order valence-corrected chi connectivity index (χ0v) is 14.6. The topological polar surface area (TPSA) is 68.4 Å². The van der Waals surface area contributed by atoms with Crippen LogP contribution in [-0.4, -0.2) is 39.8 Å². The van der Waals surface area contributed by atoms with Crippen molar-refractivity contribution in [1.82, 2.24) is 15.2 Å². The predicted molar refractivity (Wildman–Crippen MR) is 97.8 cm³/mol. The summed E-state index contributed by atoms with van der Waals surface area (Å²) in [6, 6.07) is 5.98. The molecule has 0 atom stereocenters. The van der Waals surface area contributed by atoms with E-state index in [-0.39, 0.29) is 12.2 Å². The number of nitrogens with one attached hydrogen (secondary N) is 2. The number of aryl methyl sites for hydroxylation is 2. The Hall–Kier alpha value is -1.92. The summed E-state index contributed by atoms with van der Waals surface area (Å²) in [5.74, 6) is 0. The van der Waals surface area contributed by atoms with Crippen molar-refractivity contribution in [3.05, 3.63) is 45.2 Å². The normalized spacial score (nSPS) is 10.8. The molecule has 6 heteroatoms. The zero-order chi connectivity index (χ0) is 17.0. The van der Waals surface area contributed by atoms with E-state index < -0.39 is 0 Å². The van der Waals surface area contributed by atoms with E-state index in [9.17, 15) is 9.90 Å². The Morgan fingerprint density at radius 1 is 1.35 bits per heavy atom. The molecule has 0 aliphatic heterocycles. The molecular formula is C17H23N3O2S. The molecule has 0 aliphatic rings. The molecule has 1 heterocycles. The molecule has 0 spiro atoms. The van der Waals surface area contributed by atoms with Crippen LogP contribution in [0.3, 0.4) is 0 Å². The molecule has 23 heavy (non-hydrogen) atoms. The number of hydrogen-bond donors (Lipinski definition) is 3. The van der Waals surface area contributed by atoms with Gasteiger partial charge in [-0.1, -0.05) is 12.1 Å². The van der Waals surface area contributed by atoms with Gasteiger partial charge in [0.2, 0.25) is 0 Å². The van der Waals surface area contributed by atoms with Crippen LogP contribution in [0.4, 0.5) is 0 Å². The molecule has 5 nitrogen and oxygen atoms in total. The molecule has 3 N–H and O–H groups in total. The number of aliphatic hydroxyl groups is 1. The molecule has 2 rings (SSSR count). The first kappa shape index (κ1) is 17.4. The third-order valence-electron chi connectivity index (χ3n) is 3.87. The number of benzene rings is 1. The number of aromatic amines is 1. The van der Waals surface area contributed by atoms with Crippen molar-refractivity contribution in [2.45, 2.75) is 27.3 Å². The predicted octanol–water partition coefficient (Wildman–Crippen LogP) is 1.83. The summed E-state index contributed by atoms with van der Waals surface area (Å²) in [7, 11) is 0. The molecule has 124 valence electrons. The third kappa shape index (κ3) is 3.89. The van der Waals surface area contributed by atoms with Gasteiger partial charge in [0.1, 0.15) is 0 Å². The highest BCUT2D eigenvalue weighted by Gasteiger charge is 2.13. The number of hydrogen-bond acceptors (Lipinski definition) is 3. The van der Waals surface area contributed by atoms with Crippen molar-refractivity contribution in [1.29, 1.82) is 0 Å². The second kappa shape index (κ2) is 7.57. The lowest BCUT2D eigenvalue weighted by Gasteiger charge is -2.24. The van der Waals surface area contributed by atoms with Crippen molar-refractivity contribution < 1.29 is 5.11 Å². The van der Waals surface area contributed by atoms with Gasteiger partial charge in [-0.05, 0) is 50.2 Å². The molecule has 0 saturated heterocycles. The lowest BCUT2D eigenvalue weighted by molar-refractivity contribution is 0.245. The Morgan fingerprint density at radius 2 is 2.04 bits per heavy atom. The van der Waals surface area contributed by atoms with Crippen LogP contribution in [0.25, 0.3) is 10.9 Å². The van der Waals surface area contributed by atoms with E-state index in [1.54, 1.807) is 4.90 Å². The van der Waals surface area contributed by atoms with E-state index in [4.69, 9.17) is 12.2 Å². The molecule has 0 fully saturated rings. The zero-order valence-electron chi connectivity index (χ0n) is 13.8. The number of nitrogens with zero attached hydrogens (tertiary/aromatic N) is 1. The smallest absolute Gasteiger partial charge is 0.253 e. The number of fused-ring (bicyclic) bond motifs is 1. The van der Waals surface area contributed by atoms with Crippen LogP contribution >= 0.6 is 12.2 Å². The number of aromatic nitrogens is 1. The van der Waals surface area contributed by atoms with Crippen molar-refractivity contribution >= 4 is 28.2 Å². The quantitative estimate of drug-likeness (QED) is 0.729. The summed E-state index contributed by atoms with van der Waals surface area (Å²) in [4.78, 5) is 17.2. The SMILES string of the molecule is CCNC(=S)N(CCO)Cc1cc2c(C)ccc(C)c2[nH]c1=O. The fourth-order valence-corrected chi connectivity index (χ4v) is 2.88. The summed E-state index contributed by atoms with van der Waals surface area (Å²) in [5, 5.41) is 13.9. The van der Waals surface area contributed by atoms with Crippen molar-refractivity contribution in [2.24, 2.45) is 0 Å². The van der Waals surface area contributed by atoms with Gasteiger partial charge in [0.15, 0.2) is 5.11 Å². The fraction of sp³-hybridized carbons (Fsp3) is 0.412. The van der Waals surface area contributed by atoms with Crippen molar-refractivity contribution in [3.63, 3.8) is 0 Å². The Balaban J connectivity index is 2.42. The van der Waals surface area contributed by atoms with Gasteiger partial charge in [0.25, 0.3) is 5.56 Å². The van der Waals surface area contributed by atoms with Crippen LogP contribution in [0.1, 0.15) is 23.6 Å². The highest BCUT2D eigenvalue weighted by atomic mass is 32.1. The minimum absolute atomic E-state index is 0.0187. The van der Waals surface area contributed by atoms with Crippen LogP contribution in [0, 0.1) is 13.8 Å². The molecular weight excluding hydrogens is 310 g/mol. The second-order valence-electron chi connectivity index (χ2n) is 5.59. The van der Waals surface area contributed by atoms with E-state index in [1.807, 2.05) is 32.9 Å². The lowest BCUT2D eigenvalue weighted by atomic mass is 10.0. The molecule has 0 radical (unpaired) electrons. The maximum absolute atomic E-state index is 12.4. The van der Waals surface area contributed by atoms with E-state index in [0.29, 0.717) is 30.3 Å². The summed E-state index contributed by atoms with van der Waals surface area (Å²) < 4.78 is 0. The van der Waals surface area contributed by atoms with Gasteiger partial charge in [-0.15, -0.1) is 0 Å². The molecule has 0 unspecified atom stereocenters. The summed E-state index contributed by atoms with van der Waals surface area (Å²) in [6.45, 7) is 7.40. The first-order valence-corrected chi connectivity index (χ1v) is 8.14. The molecule has 0 aliphatic carbocycles. The average Bonchev–Trinajstić information content (AvgIpc) is 2.52. The molecule has 0 amide bonds. The third-order valence-corrected chi connectivity index (χ3v) is 4.27. The van der Waals surface area contributed by atoms with Gasteiger partial charge in [0, 0.05) is 24.0 Å². The van der Waals surface area contributed by atoms with E-state index >= 15 is 0 Å². The van der Waals surface area contributed by atoms with Crippen LogP contribution in [-0.2, 0) is 6.54 Å². The summed E-state index contributed by atoms with van der Waals surface area (Å²) >= 11 is 5.32. The maximum Gasteiger partial charge on any atom is 0.253 e. The number of pyridine rings is 1. The first-order valence-electron chi connectivity index (χ1n) is 7.73. The lowest BCUT2D eigenvalue weighted by Crippen LogP contribution is -2.41. The van der Waals surface area contributed by atoms with Gasteiger partial charge in [-0.2, -0.15) is 0 Å². The Bertz CT molecular complexity index is 770. The first-order chi connectivity index (χ1) is 11.0. The van der Waals surface area contributed by atoms with Crippen molar-refractivity contribution in [2.75, 3.05) is 19.7 Å². The van der Waals surface area contributed by atoms with Gasteiger partial charge < -0.3 is 20.3 Å². The van der Waals surface area contributed by atoms with Crippen LogP contribution in [0.15, 0.2) is 23.0 Å². The minimum atomic E-state index is -0.117. The highest BCUT2D eigenvalue weighted by molar-refractivity contribution is 7.80. The largest absolute Gasteiger partial charge is 0.395 e. The Labute approximate surface area is 141 Å². The molecule has 0 bridgehead atoms. The molecule has 1 aromatic carbocycles. The van der Waals surface area contributed by atoms with Crippen LogP contribution < -0.4 is 10.9 Å². The van der Waals surface area contributed by atoms with Gasteiger partial charge in [-0.3, -0.25) is 4.79 Å². The number of H-pyrrole nitrogens is 1. The standard InChI is InChI=1S/C17H23N3O2S/c1-4-18-17(23)20(7-8-21)10-13-9-14-11(2)5-6-12(3)15(14)19-16(13)22/h5-6,9,21H,4,7-8,10H2,1-3H3,(H,18,23)(H,19,22). The van der Waals surface area contributed by atoms with Gasteiger partial charge >= 0.3 is 0 Å². The average molecular weight is 333 g/mol. The number of aliphatic hydroxyl groups excluding tert-OH is 1.